The van der Waals surface area contributed by atoms with Crippen molar-refractivity contribution >= 4 is 18.0 Å². The molecule has 1 N–H and O–H groups in total. The molecule has 1 fully saturated rings. The summed E-state index contributed by atoms with van der Waals surface area (Å²) < 4.78 is 10.9. The molecule has 2 amide bonds. The summed E-state index contributed by atoms with van der Waals surface area (Å²) in [5.74, 6) is -0.803. The molecule has 0 aromatic heterocycles. The molecule has 0 saturated carbocycles. The molecule has 0 aliphatic carbocycles. The third-order valence-corrected chi connectivity index (χ3v) is 5.74. The molecule has 34 heavy (non-hydrogen) atoms. The number of hydrogen-bond acceptors (Lipinski definition) is 5. The molecular weight excluding hydrogens is 432 g/mol. The van der Waals surface area contributed by atoms with Gasteiger partial charge in [0.15, 0.2) is 0 Å². The van der Waals surface area contributed by atoms with E-state index in [1.165, 1.54) is 4.90 Å². The van der Waals surface area contributed by atoms with E-state index in [9.17, 15) is 14.4 Å². The maximum atomic E-state index is 13.3. The molecular formula is C27H34N2O5. The molecule has 3 atom stereocenters. The van der Waals surface area contributed by atoms with Crippen LogP contribution in [0.2, 0.25) is 0 Å². The summed E-state index contributed by atoms with van der Waals surface area (Å²) in [4.78, 5) is 40.1. The van der Waals surface area contributed by atoms with Gasteiger partial charge in [-0.2, -0.15) is 0 Å². The Labute approximate surface area is 201 Å². The van der Waals surface area contributed by atoms with E-state index in [2.05, 4.69) is 5.32 Å². The smallest absolute Gasteiger partial charge is 0.410 e. The summed E-state index contributed by atoms with van der Waals surface area (Å²) in [5.41, 5.74) is 1.31. The normalized spacial score (nSPS) is 19.1. The van der Waals surface area contributed by atoms with Gasteiger partial charge in [0.25, 0.3) is 0 Å². The Morgan fingerprint density at radius 3 is 2.26 bits per heavy atom. The van der Waals surface area contributed by atoms with E-state index in [1.807, 2.05) is 60.7 Å². The van der Waals surface area contributed by atoms with Gasteiger partial charge in [-0.05, 0) is 57.6 Å². The predicted octanol–water partition coefficient (Wildman–Crippen LogP) is 4.42. The summed E-state index contributed by atoms with van der Waals surface area (Å²) >= 11 is 0. The molecule has 7 nitrogen and oxygen atoms in total. The van der Waals surface area contributed by atoms with Crippen LogP contribution in [0.3, 0.4) is 0 Å². The summed E-state index contributed by atoms with van der Waals surface area (Å²) in [6.07, 6.45) is 0.640. The summed E-state index contributed by atoms with van der Waals surface area (Å²) in [7, 11) is 0. The van der Waals surface area contributed by atoms with Crippen molar-refractivity contribution in [3.05, 3.63) is 71.8 Å². The maximum Gasteiger partial charge on any atom is 0.410 e. The lowest BCUT2D eigenvalue weighted by molar-refractivity contribution is -0.149. The second-order valence-electron chi connectivity index (χ2n) is 9.65. The zero-order chi connectivity index (χ0) is 24.7. The molecule has 1 heterocycles. The van der Waals surface area contributed by atoms with Crippen LogP contribution in [0.15, 0.2) is 60.7 Å². The first-order chi connectivity index (χ1) is 16.1. The third-order valence-electron chi connectivity index (χ3n) is 5.74. The van der Waals surface area contributed by atoms with Gasteiger partial charge in [-0.3, -0.25) is 9.69 Å². The molecule has 3 rings (SSSR count). The lowest BCUT2D eigenvalue weighted by atomic mass is 9.85. The van der Waals surface area contributed by atoms with Gasteiger partial charge in [-0.25, -0.2) is 9.59 Å². The Balaban J connectivity index is 1.68. The van der Waals surface area contributed by atoms with Crippen molar-refractivity contribution in [1.82, 2.24) is 10.2 Å². The Morgan fingerprint density at radius 2 is 1.65 bits per heavy atom. The third kappa shape index (κ3) is 7.07. The number of carbonyl (C=O) groups is 3. The predicted molar refractivity (Wildman–Crippen MR) is 129 cm³/mol. The number of nitrogens with one attached hydrogen (secondary N) is 1. The van der Waals surface area contributed by atoms with Crippen LogP contribution in [0.4, 0.5) is 4.79 Å². The van der Waals surface area contributed by atoms with Crippen molar-refractivity contribution in [1.29, 1.82) is 0 Å². The molecule has 1 unspecified atom stereocenters. The van der Waals surface area contributed by atoms with Crippen LogP contribution in [0.25, 0.3) is 0 Å². The van der Waals surface area contributed by atoms with E-state index in [1.54, 1.807) is 27.7 Å². The van der Waals surface area contributed by atoms with Gasteiger partial charge in [0.2, 0.25) is 5.91 Å². The molecule has 0 bridgehead atoms. The molecule has 2 aromatic rings. The maximum absolute atomic E-state index is 13.3. The largest absolute Gasteiger partial charge is 0.459 e. The molecule has 1 saturated heterocycles. The number of likely N-dealkylation sites (tertiary alicyclic amines) is 1. The molecule has 1 aliphatic heterocycles. The van der Waals surface area contributed by atoms with Crippen molar-refractivity contribution in [3.63, 3.8) is 0 Å². The highest BCUT2D eigenvalue weighted by atomic mass is 16.6. The van der Waals surface area contributed by atoms with Gasteiger partial charge in [-0.1, -0.05) is 60.7 Å². The van der Waals surface area contributed by atoms with Crippen LogP contribution in [0.1, 0.15) is 57.6 Å². The molecule has 7 heteroatoms. The number of rotatable bonds is 6. The fourth-order valence-electron chi connectivity index (χ4n) is 4.00. The van der Waals surface area contributed by atoms with E-state index < -0.39 is 35.7 Å². The Hall–Kier alpha value is -3.35. The topological polar surface area (TPSA) is 84.9 Å². The lowest BCUT2D eigenvalue weighted by Crippen LogP contribution is -2.56. The SMILES string of the molecule is CC(NC(=O)[C@H]1C[C@@H](c2ccccc2)CCN1C(=O)OC(C)(C)C)C(=O)OCc1ccccc1. The van der Waals surface area contributed by atoms with E-state index in [0.717, 1.165) is 17.5 Å². The fraction of sp³-hybridized carbons (Fsp3) is 0.444. The van der Waals surface area contributed by atoms with Crippen molar-refractivity contribution in [2.45, 2.75) is 70.7 Å². The number of hydrogen-bond donors (Lipinski definition) is 1. The van der Waals surface area contributed by atoms with E-state index in [-0.39, 0.29) is 12.5 Å². The van der Waals surface area contributed by atoms with Gasteiger partial charge >= 0.3 is 12.1 Å². The van der Waals surface area contributed by atoms with Gasteiger partial charge in [0.05, 0.1) is 0 Å². The number of carbonyl (C=O) groups excluding carboxylic acids is 3. The number of ether oxygens (including phenoxy) is 2. The van der Waals surface area contributed by atoms with E-state index in [4.69, 9.17) is 9.47 Å². The van der Waals surface area contributed by atoms with Gasteiger partial charge in [-0.15, -0.1) is 0 Å². The first-order valence-corrected chi connectivity index (χ1v) is 11.7. The Kier molecular flexibility index (Phi) is 8.31. The molecule has 2 aromatic carbocycles. The van der Waals surface area contributed by atoms with Gasteiger partial charge in [0, 0.05) is 6.54 Å². The van der Waals surface area contributed by atoms with Gasteiger partial charge in [0.1, 0.15) is 24.3 Å². The Bertz CT molecular complexity index is 972. The first kappa shape index (κ1) is 25.3. The summed E-state index contributed by atoms with van der Waals surface area (Å²) in [5, 5.41) is 2.74. The highest BCUT2D eigenvalue weighted by molar-refractivity contribution is 5.89. The Morgan fingerprint density at radius 1 is 1.03 bits per heavy atom. The minimum Gasteiger partial charge on any atom is -0.459 e. The van der Waals surface area contributed by atoms with Crippen LogP contribution < -0.4 is 5.32 Å². The zero-order valence-electron chi connectivity index (χ0n) is 20.3. The highest BCUT2D eigenvalue weighted by Crippen LogP contribution is 2.32. The summed E-state index contributed by atoms with van der Waals surface area (Å²) in [6.45, 7) is 7.48. The van der Waals surface area contributed by atoms with Crippen molar-refractivity contribution in [3.8, 4) is 0 Å². The standard InChI is InChI=1S/C27H34N2O5/c1-19(25(31)33-18-20-11-7-5-8-12-20)28-24(30)23-17-22(21-13-9-6-10-14-21)15-16-29(23)26(32)34-27(2,3)4/h5-14,19,22-23H,15-18H2,1-4H3,(H,28,30)/t19?,22-,23+/m0/s1. The number of nitrogens with zero attached hydrogens (tertiary/aromatic N) is 1. The van der Waals surface area contributed by atoms with E-state index >= 15 is 0 Å². The van der Waals surface area contributed by atoms with Crippen LogP contribution in [-0.2, 0) is 25.7 Å². The minimum absolute atomic E-state index is 0.121. The quantitative estimate of drug-likeness (QED) is 0.637. The van der Waals surface area contributed by atoms with Crippen LogP contribution in [-0.4, -0.2) is 47.1 Å². The molecule has 1 aliphatic rings. The zero-order valence-corrected chi connectivity index (χ0v) is 20.3. The molecule has 0 radical (unpaired) electrons. The van der Waals surface area contributed by atoms with Crippen molar-refractivity contribution < 1.29 is 23.9 Å². The average Bonchev–Trinajstić information content (AvgIpc) is 2.82. The number of piperidine rings is 1. The number of esters is 1. The molecule has 182 valence electrons. The fourth-order valence-corrected chi connectivity index (χ4v) is 4.00. The van der Waals surface area contributed by atoms with Crippen LogP contribution >= 0.6 is 0 Å². The lowest BCUT2D eigenvalue weighted by Gasteiger charge is -2.39. The first-order valence-electron chi connectivity index (χ1n) is 11.7. The van der Waals surface area contributed by atoms with Gasteiger partial charge < -0.3 is 14.8 Å². The van der Waals surface area contributed by atoms with Crippen LogP contribution in [0, 0.1) is 0 Å². The number of benzene rings is 2. The minimum atomic E-state index is -0.853. The average molecular weight is 467 g/mol. The second kappa shape index (κ2) is 11.2. The number of amides is 2. The second-order valence-corrected chi connectivity index (χ2v) is 9.65. The molecule has 0 spiro atoms. The monoisotopic (exact) mass is 466 g/mol. The summed E-state index contributed by atoms with van der Waals surface area (Å²) in [6, 6.07) is 17.7. The van der Waals surface area contributed by atoms with E-state index in [0.29, 0.717) is 13.0 Å². The highest BCUT2D eigenvalue weighted by Gasteiger charge is 2.39. The van der Waals surface area contributed by atoms with Crippen LogP contribution in [0.5, 0.6) is 0 Å². The van der Waals surface area contributed by atoms with Crippen molar-refractivity contribution in [2.24, 2.45) is 0 Å². The van der Waals surface area contributed by atoms with Crippen molar-refractivity contribution in [2.75, 3.05) is 6.54 Å².